The van der Waals surface area contributed by atoms with Crippen molar-refractivity contribution >= 4 is 29.3 Å². The minimum Gasteiger partial charge on any atom is -0.442 e. The van der Waals surface area contributed by atoms with Crippen molar-refractivity contribution < 1.29 is 9.53 Å². The number of ether oxygens (including phenoxy) is 1. The summed E-state index contributed by atoms with van der Waals surface area (Å²) in [4.78, 5) is 24.2. The van der Waals surface area contributed by atoms with Gasteiger partial charge in [-0.1, -0.05) is 0 Å². The highest BCUT2D eigenvalue weighted by atomic mass is 35.5. The lowest BCUT2D eigenvalue weighted by molar-refractivity contribution is 0.0514. The van der Waals surface area contributed by atoms with Gasteiger partial charge in [0.05, 0.1) is 6.20 Å². The van der Waals surface area contributed by atoms with E-state index in [4.69, 9.17) is 16.3 Å². The highest BCUT2D eigenvalue weighted by Crippen LogP contribution is 2.21. The summed E-state index contributed by atoms with van der Waals surface area (Å²) in [6.07, 6.45) is 5.87. The zero-order chi connectivity index (χ0) is 18.7. The fourth-order valence-electron chi connectivity index (χ4n) is 2.05. The topological polar surface area (TPSA) is 94.8 Å². The van der Waals surface area contributed by atoms with Gasteiger partial charge in [0, 0.05) is 29.7 Å². The molecule has 0 amide bonds. The molecule has 134 valence electrons. The Morgan fingerprint density at radius 2 is 1.92 bits per heavy atom. The minimum atomic E-state index is -0.581. The molecule has 3 heterocycles. The Labute approximate surface area is 155 Å². The summed E-state index contributed by atoms with van der Waals surface area (Å²) in [6.45, 7) is 5.40. The second-order valence-corrected chi connectivity index (χ2v) is 6.76. The number of nitrogens with zero attached hydrogens (tertiary/aromatic N) is 5. The first-order chi connectivity index (χ1) is 12.3. The van der Waals surface area contributed by atoms with Gasteiger partial charge in [-0.2, -0.15) is 9.78 Å². The average molecular weight is 373 g/mol. The van der Waals surface area contributed by atoms with Crippen molar-refractivity contribution in [3.05, 3.63) is 48.3 Å². The fourth-order valence-corrected chi connectivity index (χ4v) is 2.20. The predicted molar refractivity (Wildman–Crippen MR) is 97.4 cm³/mol. The summed E-state index contributed by atoms with van der Waals surface area (Å²) in [7, 11) is 0. The summed E-state index contributed by atoms with van der Waals surface area (Å²) >= 11 is 5.75. The SMILES string of the molecule is CC(C)(C)OC(=O)n1cc(-c2ccc(Nc3ccnc(Cl)n3)nc2)cn1. The number of aromatic nitrogens is 5. The number of hydrogen-bond acceptors (Lipinski definition) is 7. The number of hydrogen-bond donors (Lipinski definition) is 1. The van der Waals surface area contributed by atoms with E-state index < -0.39 is 11.7 Å². The summed E-state index contributed by atoms with van der Waals surface area (Å²) in [6, 6.07) is 5.33. The van der Waals surface area contributed by atoms with Crippen LogP contribution in [0.25, 0.3) is 11.1 Å². The third-order valence-corrected chi connectivity index (χ3v) is 3.32. The highest BCUT2D eigenvalue weighted by Gasteiger charge is 2.18. The lowest BCUT2D eigenvalue weighted by Gasteiger charge is -2.18. The molecular weight excluding hydrogens is 356 g/mol. The van der Waals surface area contributed by atoms with Gasteiger partial charge < -0.3 is 10.1 Å². The number of carbonyl (C=O) groups excluding carboxylic acids is 1. The van der Waals surface area contributed by atoms with Crippen LogP contribution in [0.3, 0.4) is 0 Å². The van der Waals surface area contributed by atoms with Crippen molar-refractivity contribution in [2.45, 2.75) is 26.4 Å². The molecule has 0 bridgehead atoms. The van der Waals surface area contributed by atoms with E-state index in [0.29, 0.717) is 11.6 Å². The van der Waals surface area contributed by atoms with E-state index in [9.17, 15) is 4.79 Å². The molecule has 0 unspecified atom stereocenters. The molecule has 1 N–H and O–H groups in total. The van der Waals surface area contributed by atoms with Gasteiger partial charge in [0.1, 0.15) is 17.2 Å². The Balaban J connectivity index is 1.72. The Morgan fingerprint density at radius 3 is 2.58 bits per heavy atom. The third kappa shape index (κ3) is 4.54. The second kappa shape index (κ2) is 7.09. The molecule has 0 aliphatic rings. The van der Waals surface area contributed by atoms with E-state index in [2.05, 4.69) is 25.4 Å². The molecule has 0 fully saturated rings. The number of anilines is 2. The van der Waals surface area contributed by atoms with E-state index >= 15 is 0 Å². The van der Waals surface area contributed by atoms with Crippen LogP contribution in [0.5, 0.6) is 0 Å². The van der Waals surface area contributed by atoms with Gasteiger partial charge >= 0.3 is 6.09 Å². The monoisotopic (exact) mass is 372 g/mol. The van der Waals surface area contributed by atoms with Gasteiger partial charge in [-0.3, -0.25) is 0 Å². The molecule has 26 heavy (non-hydrogen) atoms. The van der Waals surface area contributed by atoms with Crippen molar-refractivity contribution in [3.8, 4) is 11.1 Å². The zero-order valence-electron chi connectivity index (χ0n) is 14.5. The van der Waals surface area contributed by atoms with Crippen LogP contribution in [0.15, 0.2) is 43.0 Å². The Kier molecular flexibility index (Phi) is 4.85. The molecule has 8 nitrogen and oxygen atoms in total. The molecule has 0 saturated carbocycles. The second-order valence-electron chi connectivity index (χ2n) is 6.42. The third-order valence-electron chi connectivity index (χ3n) is 3.14. The molecule has 0 aliphatic carbocycles. The normalized spacial score (nSPS) is 11.2. The van der Waals surface area contributed by atoms with Crippen LogP contribution in [0.2, 0.25) is 5.28 Å². The molecule has 9 heteroatoms. The summed E-state index contributed by atoms with van der Waals surface area (Å²) in [5.41, 5.74) is 0.980. The maximum Gasteiger partial charge on any atom is 0.435 e. The maximum absolute atomic E-state index is 12.0. The molecule has 3 aromatic rings. The van der Waals surface area contributed by atoms with Gasteiger partial charge in [-0.25, -0.2) is 19.7 Å². The maximum atomic E-state index is 12.0. The van der Waals surface area contributed by atoms with Crippen LogP contribution in [-0.2, 0) is 4.74 Å². The van der Waals surface area contributed by atoms with Crippen molar-refractivity contribution in [3.63, 3.8) is 0 Å². The van der Waals surface area contributed by atoms with E-state index in [0.717, 1.165) is 15.8 Å². The summed E-state index contributed by atoms with van der Waals surface area (Å²) < 4.78 is 6.44. The van der Waals surface area contributed by atoms with Gasteiger partial charge in [0.25, 0.3) is 0 Å². The van der Waals surface area contributed by atoms with Crippen LogP contribution in [0.4, 0.5) is 16.4 Å². The lowest BCUT2D eigenvalue weighted by atomic mass is 10.2. The van der Waals surface area contributed by atoms with Crippen LogP contribution in [0.1, 0.15) is 20.8 Å². The summed E-state index contributed by atoms with van der Waals surface area (Å²) in [5.74, 6) is 1.14. The van der Waals surface area contributed by atoms with Crippen LogP contribution < -0.4 is 5.32 Å². The quantitative estimate of drug-likeness (QED) is 0.696. The molecule has 0 radical (unpaired) electrons. The van der Waals surface area contributed by atoms with Crippen LogP contribution in [0, 0.1) is 0 Å². The standard InChI is InChI=1S/C17H17ClN6O2/c1-17(2,3)26-16(25)24-10-12(9-21-24)11-4-5-13(20-8-11)22-14-6-7-19-15(18)23-14/h4-10H,1-3H3,(H,19,20,22,23). The first-order valence-electron chi connectivity index (χ1n) is 7.80. The van der Waals surface area contributed by atoms with Gasteiger partial charge in [0.2, 0.25) is 5.28 Å². The van der Waals surface area contributed by atoms with E-state index in [1.807, 2.05) is 6.07 Å². The van der Waals surface area contributed by atoms with Gasteiger partial charge in [-0.05, 0) is 50.6 Å². The van der Waals surface area contributed by atoms with E-state index in [1.165, 1.54) is 0 Å². The molecule has 0 aliphatic heterocycles. The average Bonchev–Trinajstić information content (AvgIpc) is 3.04. The number of carbonyl (C=O) groups is 1. The fraction of sp³-hybridized carbons (Fsp3) is 0.235. The Morgan fingerprint density at radius 1 is 1.12 bits per heavy atom. The molecular formula is C17H17ClN6O2. The Hall–Kier alpha value is -3.00. The predicted octanol–water partition coefficient (Wildman–Crippen LogP) is 3.92. The first-order valence-corrected chi connectivity index (χ1v) is 8.18. The Bertz CT molecular complexity index is 918. The molecule has 3 aromatic heterocycles. The van der Waals surface area contributed by atoms with Gasteiger partial charge in [-0.15, -0.1) is 0 Å². The van der Waals surface area contributed by atoms with E-state index in [-0.39, 0.29) is 5.28 Å². The largest absolute Gasteiger partial charge is 0.442 e. The number of halogens is 1. The van der Waals surface area contributed by atoms with Crippen molar-refractivity contribution in [1.82, 2.24) is 24.7 Å². The number of pyridine rings is 1. The molecule has 0 atom stereocenters. The van der Waals surface area contributed by atoms with Crippen molar-refractivity contribution in [2.75, 3.05) is 5.32 Å². The van der Waals surface area contributed by atoms with Crippen LogP contribution >= 0.6 is 11.6 Å². The zero-order valence-corrected chi connectivity index (χ0v) is 15.2. The molecule has 0 aromatic carbocycles. The minimum absolute atomic E-state index is 0.154. The van der Waals surface area contributed by atoms with Gasteiger partial charge in [0.15, 0.2) is 0 Å². The van der Waals surface area contributed by atoms with Crippen molar-refractivity contribution in [1.29, 1.82) is 0 Å². The smallest absolute Gasteiger partial charge is 0.435 e. The molecule has 0 saturated heterocycles. The van der Waals surface area contributed by atoms with Crippen molar-refractivity contribution in [2.24, 2.45) is 0 Å². The van der Waals surface area contributed by atoms with E-state index in [1.54, 1.807) is 57.7 Å². The molecule has 0 spiro atoms. The number of nitrogens with one attached hydrogen (secondary N) is 1. The summed E-state index contributed by atoms with van der Waals surface area (Å²) in [5, 5.41) is 7.23. The highest BCUT2D eigenvalue weighted by molar-refractivity contribution is 6.28. The number of rotatable bonds is 3. The first kappa shape index (κ1) is 17.8. The van der Waals surface area contributed by atoms with Crippen LogP contribution in [-0.4, -0.2) is 36.4 Å². The molecule has 3 rings (SSSR count). The lowest BCUT2D eigenvalue weighted by Crippen LogP contribution is -2.27.